The van der Waals surface area contributed by atoms with Gasteiger partial charge in [-0.05, 0) is 13.3 Å². The maximum atomic E-state index is 12.1. The monoisotopic (exact) mass is 242 g/mol. The first-order valence-corrected chi connectivity index (χ1v) is 7.26. The molecule has 0 fully saturated rings. The number of hydrogen-bond donors (Lipinski definition) is 0. The van der Waals surface area contributed by atoms with Crippen LogP contribution in [-0.2, 0) is 4.79 Å². The molecule has 17 heavy (non-hydrogen) atoms. The minimum atomic E-state index is 0.285. The minimum Gasteiger partial charge on any atom is -0.276 e. The normalized spacial score (nSPS) is 10.9. The Balaban J connectivity index is 3.91. The van der Waals surface area contributed by atoms with Gasteiger partial charge in [-0.1, -0.05) is 46.5 Å². The van der Waals surface area contributed by atoms with Crippen LogP contribution >= 0.6 is 0 Å². The van der Waals surface area contributed by atoms with Crippen LogP contribution in [0.25, 0.3) is 0 Å². The van der Waals surface area contributed by atoms with E-state index in [0.29, 0.717) is 6.42 Å². The Kier molecular flexibility index (Phi) is 10.2. The molecule has 0 bridgehead atoms. The Hall–Kier alpha value is -0.570. The third-order valence-corrected chi connectivity index (χ3v) is 3.15. The molecule has 0 saturated heterocycles. The molecule has 0 unspecified atom stereocenters. The maximum absolute atomic E-state index is 12.1. The summed E-state index contributed by atoms with van der Waals surface area (Å²) in [7, 11) is 0. The fourth-order valence-electron chi connectivity index (χ4n) is 2.11. The lowest BCUT2D eigenvalue weighted by Gasteiger charge is -2.32. The molecule has 0 N–H and O–H groups in total. The van der Waals surface area contributed by atoms with Crippen molar-refractivity contribution in [2.45, 2.75) is 66.2 Å². The van der Waals surface area contributed by atoms with Crippen LogP contribution in [-0.4, -0.2) is 35.6 Å². The average molecular weight is 242 g/mol. The molecule has 0 aromatic rings. The quantitative estimate of drug-likeness (QED) is 0.433. The SMILES string of the molecule is CCCCCCCC(=O)N(CC)N(CC)CC. The van der Waals surface area contributed by atoms with Gasteiger partial charge in [0.2, 0.25) is 5.91 Å². The number of hydrazine groups is 1. The number of unbranched alkanes of at least 4 members (excludes halogenated alkanes) is 4. The molecule has 0 radical (unpaired) electrons. The van der Waals surface area contributed by atoms with Crippen molar-refractivity contribution >= 4 is 5.91 Å². The van der Waals surface area contributed by atoms with Crippen molar-refractivity contribution < 1.29 is 4.79 Å². The molecule has 0 saturated carbocycles. The van der Waals surface area contributed by atoms with Crippen molar-refractivity contribution in [3.05, 3.63) is 0 Å². The van der Waals surface area contributed by atoms with Gasteiger partial charge in [0.25, 0.3) is 0 Å². The first-order valence-electron chi connectivity index (χ1n) is 7.26. The molecule has 0 aliphatic rings. The number of hydrogen-bond acceptors (Lipinski definition) is 2. The number of carbonyl (C=O) groups is 1. The lowest BCUT2D eigenvalue weighted by atomic mass is 10.1. The van der Waals surface area contributed by atoms with Crippen molar-refractivity contribution in [2.24, 2.45) is 0 Å². The Morgan fingerprint density at radius 2 is 1.41 bits per heavy atom. The second kappa shape index (κ2) is 10.6. The molecule has 102 valence electrons. The largest absolute Gasteiger partial charge is 0.276 e. The van der Waals surface area contributed by atoms with Crippen LogP contribution in [0.1, 0.15) is 66.2 Å². The molecule has 0 spiro atoms. The molecule has 0 aliphatic carbocycles. The number of rotatable bonds is 10. The summed E-state index contributed by atoms with van der Waals surface area (Å²) in [5.41, 5.74) is 0. The molecule has 0 atom stereocenters. The van der Waals surface area contributed by atoms with Crippen LogP contribution in [0, 0.1) is 0 Å². The summed E-state index contributed by atoms with van der Waals surface area (Å²) in [6, 6.07) is 0. The van der Waals surface area contributed by atoms with E-state index in [9.17, 15) is 4.79 Å². The van der Waals surface area contributed by atoms with Crippen LogP contribution < -0.4 is 0 Å². The summed E-state index contributed by atoms with van der Waals surface area (Å²) in [6.45, 7) is 11.1. The summed E-state index contributed by atoms with van der Waals surface area (Å²) in [4.78, 5) is 12.1. The van der Waals surface area contributed by atoms with Crippen LogP contribution in [0.15, 0.2) is 0 Å². The average Bonchev–Trinajstić information content (AvgIpc) is 2.35. The van der Waals surface area contributed by atoms with Crippen molar-refractivity contribution in [1.29, 1.82) is 0 Å². The summed E-state index contributed by atoms with van der Waals surface area (Å²) in [5.74, 6) is 0.285. The molecule has 0 heterocycles. The molecule has 3 heteroatoms. The standard InChI is InChI=1S/C14H30N2O/c1-5-9-10-11-12-13-14(17)16(8-4)15(6-2)7-3/h5-13H2,1-4H3. The van der Waals surface area contributed by atoms with Gasteiger partial charge < -0.3 is 0 Å². The minimum absolute atomic E-state index is 0.285. The Labute approximate surface area is 107 Å². The summed E-state index contributed by atoms with van der Waals surface area (Å²) in [6.07, 6.45) is 6.75. The predicted molar refractivity (Wildman–Crippen MR) is 73.7 cm³/mol. The topological polar surface area (TPSA) is 23.6 Å². The predicted octanol–water partition coefficient (Wildman–Crippen LogP) is 3.45. The van der Waals surface area contributed by atoms with E-state index >= 15 is 0 Å². The highest BCUT2D eigenvalue weighted by atomic mass is 16.2. The zero-order valence-corrected chi connectivity index (χ0v) is 12.2. The fraction of sp³-hybridized carbons (Fsp3) is 0.929. The van der Waals surface area contributed by atoms with Crippen molar-refractivity contribution in [2.75, 3.05) is 19.6 Å². The number of amides is 1. The van der Waals surface area contributed by atoms with E-state index in [0.717, 1.165) is 26.1 Å². The van der Waals surface area contributed by atoms with E-state index in [-0.39, 0.29) is 5.91 Å². The van der Waals surface area contributed by atoms with Gasteiger partial charge in [-0.2, -0.15) is 0 Å². The zero-order chi connectivity index (χ0) is 13.1. The van der Waals surface area contributed by atoms with Gasteiger partial charge in [0.1, 0.15) is 0 Å². The lowest BCUT2D eigenvalue weighted by Crippen LogP contribution is -2.46. The molecule has 3 nitrogen and oxygen atoms in total. The van der Waals surface area contributed by atoms with Gasteiger partial charge in [0, 0.05) is 26.1 Å². The van der Waals surface area contributed by atoms with E-state index < -0.39 is 0 Å². The smallest absolute Gasteiger partial charge is 0.236 e. The van der Waals surface area contributed by atoms with Gasteiger partial charge in [-0.25, -0.2) is 5.01 Å². The Bertz CT molecular complexity index is 191. The van der Waals surface area contributed by atoms with Crippen LogP contribution in [0.2, 0.25) is 0 Å². The molecule has 0 aromatic carbocycles. The second-order valence-electron chi connectivity index (χ2n) is 4.41. The zero-order valence-electron chi connectivity index (χ0n) is 12.2. The summed E-state index contributed by atoms with van der Waals surface area (Å²) in [5, 5.41) is 4.02. The molecule has 0 rings (SSSR count). The second-order valence-corrected chi connectivity index (χ2v) is 4.41. The molecule has 0 aliphatic heterocycles. The molecular formula is C14H30N2O. The molecule has 1 amide bonds. The number of nitrogens with zero attached hydrogens (tertiary/aromatic N) is 2. The fourth-order valence-corrected chi connectivity index (χ4v) is 2.11. The third-order valence-electron chi connectivity index (χ3n) is 3.15. The number of carbonyl (C=O) groups excluding carboxylic acids is 1. The van der Waals surface area contributed by atoms with Crippen LogP contribution in [0.3, 0.4) is 0 Å². The third kappa shape index (κ3) is 6.67. The highest BCUT2D eigenvalue weighted by molar-refractivity contribution is 5.75. The van der Waals surface area contributed by atoms with Gasteiger partial charge >= 0.3 is 0 Å². The molecular weight excluding hydrogens is 212 g/mol. The maximum Gasteiger partial charge on any atom is 0.236 e. The van der Waals surface area contributed by atoms with E-state index in [4.69, 9.17) is 0 Å². The van der Waals surface area contributed by atoms with Gasteiger partial charge in [-0.15, -0.1) is 0 Å². The van der Waals surface area contributed by atoms with E-state index in [1.165, 1.54) is 25.7 Å². The van der Waals surface area contributed by atoms with Gasteiger partial charge in [0.15, 0.2) is 0 Å². The highest BCUT2D eigenvalue weighted by Crippen LogP contribution is 2.08. The van der Waals surface area contributed by atoms with E-state index in [2.05, 4.69) is 25.8 Å². The van der Waals surface area contributed by atoms with Gasteiger partial charge in [0.05, 0.1) is 0 Å². The van der Waals surface area contributed by atoms with Crippen molar-refractivity contribution in [3.63, 3.8) is 0 Å². The Morgan fingerprint density at radius 3 is 1.88 bits per heavy atom. The van der Waals surface area contributed by atoms with Crippen LogP contribution in [0.4, 0.5) is 0 Å². The van der Waals surface area contributed by atoms with Crippen molar-refractivity contribution in [3.8, 4) is 0 Å². The van der Waals surface area contributed by atoms with Crippen molar-refractivity contribution in [1.82, 2.24) is 10.0 Å². The Morgan fingerprint density at radius 1 is 0.824 bits per heavy atom. The van der Waals surface area contributed by atoms with Crippen LogP contribution in [0.5, 0.6) is 0 Å². The first kappa shape index (κ1) is 16.4. The summed E-state index contributed by atoms with van der Waals surface area (Å²) >= 11 is 0. The van der Waals surface area contributed by atoms with E-state index in [1.807, 2.05) is 11.9 Å². The lowest BCUT2D eigenvalue weighted by molar-refractivity contribution is -0.148. The van der Waals surface area contributed by atoms with E-state index in [1.54, 1.807) is 0 Å². The first-order chi connectivity index (χ1) is 8.21. The molecule has 0 aromatic heterocycles. The highest BCUT2D eigenvalue weighted by Gasteiger charge is 2.16. The summed E-state index contributed by atoms with van der Waals surface area (Å²) < 4.78 is 0. The van der Waals surface area contributed by atoms with Gasteiger partial charge in [-0.3, -0.25) is 9.80 Å².